The molecule has 0 atom stereocenters. The molecule has 0 unspecified atom stereocenters. The first-order valence-electron chi connectivity index (χ1n) is 7.91. The normalized spacial score (nSPS) is 11.6. The van der Waals surface area contributed by atoms with Crippen molar-refractivity contribution in [2.45, 2.75) is 19.9 Å². The van der Waals surface area contributed by atoms with Crippen molar-refractivity contribution in [3.63, 3.8) is 0 Å². The van der Waals surface area contributed by atoms with Crippen LogP contribution in [0, 0.1) is 6.92 Å². The van der Waals surface area contributed by atoms with E-state index in [1.54, 1.807) is 17.0 Å². The molecule has 4 rings (SSSR count). The standard InChI is InChI=1S/C17H18N6O/c1-10-14-15(22-21-10)12-9-11(16-19-6-7-20-16)3-4-13(12)23(17(14)24)8-2-5-18/h3-4,6-7,9H,2,5,8,18H2,1H3,(H,19,20)(H,21,22). The van der Waals surface area contributed by atoms with Crippen molar-refractivity contribution in [3.05, 3.63) is 46.6 Å². The summed E-state index contributed by atoms with van der Waals surface area (Å²) in [6, 6.07) is 5.94. The molecular formula is C17H18N6O. The van der Waals surface area contributed by atoms with Gasteiger partial charge in [-0.25, -0.2) is 4.98 Å². The first-order chi connectivity index (χ1) is 11.7. The molecule has 0 bridgehead atoms. The summed E-state index contributed by atoms with van der Waals surface area (Å²) >= 11 is 0. The molecule has 1 aromatic carbocycles. The zero-order valence-corrected chi connectivity index (χ0v) is 13.3. The van der Waals surface area contributed by atoms with E-state index >= 15 is 0 Å². The van der Waals surface area contributed by atoms with Gasteiger partial charge < -0.3 is 15.3 Å². The van der Waals surface area contributed by atoms with Crippen molar-refractivity contribution in [2.75, 3.05) is 6.54 Å². The van der Waals surface area contributed by atoms with Crippen LogP contribution < -0.4 is 11.3 Å². The molecule has 0 amide bonds. The Bertz CT molecular complexity index is 1070. The van der Waals surface area contributed by atoms with Crippen LogP contribution in [0.25, 0.3) is 33.2 Å². The second-order valence-electron chi connectivity index (χ2n) is 5.84. The number of aryl methyl sites for hydroxylation is 2. The molecule has 3 heterocycles. The summed E-state index contributed by atoms with van der Waals surface area (Å²) in [6.45, 7) is 3.00. The maximum Gasteiger partial charge on any atom is 0.262 e. The summed E-state index contributed by atoms with van der Waals surface area (Å²) in [7, 11) is 0. The lowest BCUT2D eigenvalue weighted by atomic mass is 10.1. The Morgan fingerprint density at radius 1 is 1.33 bits per heavy atom. The van der Waals surface area contributed by atoms with Gasteiger partial charge in [-0.05, 0) is 38.1 Å². The third-order valence-electron chi connectivity index (χ3n) is 4.31. The maximum absolute atomic E-state index is 12.9. The third kappa shape index (κ3) is 2.13. The zero-order chi connectivity index (χ0) is 16.7. The second kappa shape index (κ2) is 5.61. The van der Waals surface area contributed by atoms with Crippen molar-refractivity contribution in [1.29, 1.82) is 0 Å². The Balaban J connectivity index is 2.08. The van der Waals surface area contributed by atoms with Crippen LogP contribution in [0.15, 0.2) is 35.4 Å². The molecule has 4 aromatic rings. The number of nitrogens with one attached hydrogen (secondary N) is 2. The van der Waals surface area contributed by atoms with Gasteiger partial charge in [-0.15, -0.1) is 0 Å². The van der Waals surface area contributed by atoms with E-state index in [1.807, 2.05) is 25.1 Å². The smallest absolute Gasteiger partial charge is 0.262 e. The average molecular weight is 322 g/mol. The van der Waals surface area contributed by atoms with Crippen LogP contribution in [0.4, 0.5) is 0 Å². The minimum atomic E-state index is -0.0250. The van der Waals surface area contributed by atoms with Crippen LogP contribution in [0.5, 0.6) is 0 Å². The van der Waals surface area contributed by atoms with Crippen molar-refractivity contribution >= 4 is 21.8 Å². The van der Waals surface area contributed by atoms with Gasteiger partial charge in [0.1, 0.15) is 11.3 Å². The predicted octanol–water partition coefficient (Wildman–Crippen LogP) is 1.93. The fourth-order valence-electron chi connectivity index (χ4n) is 3.13. The zero-order valence-electron chi connectivity index (χ0n) is 13.3. The average Bonchev–Trinajstić information content (AvgIpc) is 3.24. The number of benzene rings is 1. The maximum atomic E-state index is 12.9. The summed E-state index contributed by atoms with van der Waals surface area (Å²) in [6.07, 6.45) is 4.25. The SMILES string of the molecule is Cc1[nH]nc2c1c(=O)n(CCCN)c1ccc(-c3ncc[nH]3)cc21. The number of nitrogens with zero attached hydrogens (tertiary/aromatic N) is 3. The topological polar surface area (TPSA) is 105 Å². The van der Waals surface area contributed by atoms with E-state index in [2.05, 4.69) is 20.2 Å². The van der Waals surface area contributed by atoms with Crippen molar-refractivity contribution in [2.24, 2.45) is 5.73 Å². The van der Waals surface area contributed by atoms with Crippen LogP contribution >= 0.6 is 0 Å². The van der Waals surface area contributed by atoms with Gasteiger partial charge in [-0.3, -0.25) is 9.89 Å². The predicted molar refractivity (Wildman–Crippen MR) is 93.8 cm³/mol. The molecule has 0 saturated heterocycles. The van der Waals surface area contributed by atoms with Gasteiger partial charge in [0, 0.05) is 35.6 Å². The quantitative estimate of drug-likeness (QED) is 0.534. The largest absolute Gasteiger partial charge is 0.345 e. The molecule has 0 aliphatic heterocycles. The number of rotatable bonds is 4. The van der Waals surface area contributed by atoms with Crippen LogP contribution in [0.2, 0.25) is 0 Å². The molecule has 7 heteroatoms. The molecule has 4 N–H and O–H groups in total. The molecule has 24 heavy (non-hydrogen) atoms. The molecular weight excluding hydrogens is 304 g/mol. The van der Waals surface area contributed by atoms with E-state index in [9.17, 15) is 4.79 Å². The fourth-order valence-corrected chi connectivity index (χ4v) is 3.13. The number of pyridine rings is 1. The summed E-state index contributed by atoms with van der Waals surface area (Å²) in [4.78, 5) is 20.3. The molecule has 0 fully saturated rings. The third-order valence-corrected chi connectivity index (χ3v) is 4.31. The van der Waals surface area contributed by atoms with E-state index in [0.29, 0.717) is 24.0 Å². The monoisotopic (exact) mass is 322 g/mol. The lowest BCUT2D eigenvalue weighted by Gasteiger charge is -2.11. The Morgan fingerprint density at radius 2 is 2.21 bits per heavy atom. The highest BCUT2D eigenvalue weighted by Crippen LogP contribution is 2.27. The number of hydrogen-bond acceptors (Lipinski definition) is 4. The lowest BCUT2D eigenvalue weighted by Crippen LogP contribution is -2.22. The minimum Gasteiger partial charge on any atom is -0.345 e. The van der Waals surface area contributed by atoms with Crippen molar-refractivity contribution < 1.29 is 0 Å². The summed E-state index contributed by atoms with van der Waals surface area (Å²) in [5, 5.41) is 8.86. The van der Waals surface area contributed by atoms with E-state index in [-0.39, 0.29) is 5.56 Å². The molecule has 0 radical (unpaired) electrons. The minimum absolute atomic E-state index is 0.0250. The first kappa shape index (κ1) is 14.6. The molecule has 7 nitrogen and oxygen atoms in total. The summed E-state index contributed by atoms with van der Waals surface area (Å²) < 4.78 is 1.79. The van der Waals surface area contributed by atoms with E-state index in [0.717, 1.165) is 34.4 Å². The van der Waals surface area contributed by atoms with Crippen LogP contribution in [-0.4, -0.2) is 31.3 Å². The highest BCUT2D eigenvalue weighted by atomic mass is 16.1. The van der Waals surface area contributed by atoms with E-state index in [4.69, 9.17) is 5.73 Å². The number of H-pyrrole nitrogens is 2. The molecule has 0 aliphatic rings. The molecule has 3 aromatic heterocycles. The summed E-state index contributed by atoms with van der Waals surface area (Å²) in [5.74, 6) is 0.789. The van der Waals surface area contributed by atoms with Crippen LogP contribution in [0.3, 0.4) is 0 Å². The second-order valence-corrected chi connectivity index (χ2v) is 5.84. The molecule has 0 aliphatic carbocycles. The van der Waals surface area contributed by atoms with Gasteiger partial charge in [-0.2, -0.15) is 5.10 Å². The number of hydrogen-bond donors (Lipinski definition) is 3. The Kier molecular flexibility index (Phi) is 3.42. The molecule has 122 valence electrons. The van der Waals surface area contributed by atoms with Gasteiger partial charge in [0.25, 0.3) is 5.56 Å². The number of fused-ring (bicyclic) bond motifs is 3. The number of nitrogens with two attached hydrogens (primary N) is 1. The Hall–Kier alpha value is -2.93. The van der Waals surface area contributed by atoms with Crippen LogP contribution in [-0.2, 0) is 6.54 Å². The molecule has 0 saturated carbocycles. The van der Waals surface area contributed by atoms with Crippen molar-refractivity contribution in [3.8, 4) is 11.4 Å². The van der Waals surface area contributed by atoms with Gasteiger partial charge in [-0.1, -0.05) is 0 Å². The van der Waals surface area contributed by atoms with Gasteiger partial charge in [0.15, 0.2) is 0 Å². The first-order valence-corrected chi connectivity index (χ1v) is 7.91. The number of imidazole rings is 1. The van der Waals surface area contributed by atoms with Gasteiger partial charge in [0.2, 0.25) is 0 Å². The summed E-state index contributed by atoms with van der Waals surface area (Å²) in [5.41, 5.74) is 8.91. The van der Waals surface area contributed by atoms with Gasteiger partial charge >= 0.3 is 0 Å². The number of aromatic nitrogens is 5. The van der Waals surface area contributed by atoms with E-state index in [1.165, 1.54) is 0 Å². The lowest BCUT2D eigenvalue weighted by molar-refractivity contribution is 0.654. The van der Waals surface area contributed by atoms with Crippen molar-refractivity contribution in [1.82, 2.24) is 24.7 Å². The van der Waals surface area contributed by atoms with Gasteiger partial charge in [0.05, 0.1) is 10.9 Å². The fraction of sp³-hybridized carbons (Fsp3) is 0.235. The van der Waals surface area contributed by atoms with Crippen LogP contribution in [0.1, 0.15) is 12.1 Å². The Labute approximate surface area is 137 Å². The van der Waals surface area contributed by atoms with E-state index < -0.39 is 0 Å². The molecule has 0 spiro atoms. The highest BCUT2D eigenvalue weighted by molar-refractivity contribution is 6.05. The number of aromatic amines is 2. The highest BCUT2D eigenvalue weighted by Gasteiger charge is 2.16. The Morgan fingerprint density at radius 3 is 2.96 bits per heavy atom.